The van der Waals surface area contributed by atoms with E-state index < -0.39 is 12.1 Å². The number of furan rings is 1. The van der Waals surface area contributed by atoms with Crippen molar-refractivity contribution in [1.82, 2.24) is 20.1 Å². The summed E-state index contributed by atoms with van der Waals surface area (Å²) in [6.45, 7) is 2.07. The Hall–Kier alpha value is -3.55. The Kier molecular flexibility index (Phi) is 5.20. The minimum atomic E-state index is -0.686. The number of benzene rings is 1. The van der Waals surface area contributed by atoms with E-state index in [-0.39, 0.29) is 24.4 Å². The van der Waals surface area contributed by atoms with Crippen LogP contribution < -0.4 is 5.32 Å². The summed E-state index contributed by atoms with van der Waals surface area (Å²) in [5, 5.41) is 3.77. The molecule has 5 rings (SSSR count). The SMILES string of the molecule is CC(C1CC1)N(Cc1ccco1)C(=O)CN1C(=O)NC(Cc2c[nH]c3ccccc23)C1=O. The van der Waals surface area contributed by atoms with Crippen molar-refractivity contribution < 1.29 is 18.8 Å². The summed E-state index contributed by atoms with van der Waals surface area (Å²) in [4.78, 5) is 44.7. The number of carbonyl (C=O) groups is 3. The highest BCUT2D eigenvalue weighted by molar-refractivity contribution is 6.06. The largest absolute Gasteiger partial charge is 0.467 e. The summed E-state index contributed by atoms with van der Waals surface area (Å²) in [7, 11) is 0. The van der Waals surface area contributed by atoms with Gasteiger partial charge in [-0.05, 0) is 49.4 Å². The van der Waals surface area contributed by atoms with Crippen LogP contribution in [0.2, 0.25) is 0 Å². The van der Waals surface area contributed by atoms with E-state index >= 15 is 0 Å². The molecule has 0 spiro atoms. The van der Waals surface area contributed by atoms with Crippen molar-refractivity contribution in [3.8, 4) is 0 Å². The quantitative estimate of drug-likeness (QED) is 0.533. The minimum Gasteiger partial charge on any atom is -0.467 e. The first-order valence-electron chi connectivity index (χ1n) is 11.0. The van der Waals surface area contributed by atoms with E-state index in [9.17, 15) is 14.4 Å². The van der Waals surface area contributed by atoms with Gasteiger partial charge in [-0.3, -0.25) is 14.5 Å². The highest BCUT2D eigenvalue weighted by Crippen LogP contribution is 2.36. The van der Waals surface area contributed by atoms with E-state index in [4.69, 9.17) is 4.42 Å². The van der Waals surface area contributed by atoms with Crippen LogP contribution in [-0.4, -0.2) is 51.3 Å². The van der Waals surface area contributed by atoms with Gasteiger partial charge in [0.1, 0.15) is 18.3 Å². The van der Waals surface area contributed by atoms with Crippen molar-refractivity contribution in [1.29, 1.82) is 0 Å². The Balaban J connectivity index is 1.29. The Morgan fingerprint density at radius 1 is 1.22 bits per heavy atom. The van der Waals surface area contributed by atoms with E-state index in [1.165, 1.54) is 0 Å². The number of hydrogen-bond donors (Lipinski definition) is 2. The van der Waals surface area contributed by atoms with E-state index in [0.29, 0.717) is 24.6 Å². The van der Waals surface area contributed by atoms with Gasteiger partial charge in [0.25, 0.3) is 5.91 Å². The van der Waals surface area contributed by atoms with Gasteiger partial charge in [-0.15, -0.1) is 0 Å². The lowest BCUT2D eigenvalue weighted by Crippen LogP contribution is -2.47. The molecular weight excluding hydrogens is 408 g/mol. The van der Waals surface area contributed by atoms with E-state index in [0.717, 1.165) is 34.2 Å². The fourth-order valence-electron chi connectivity index (χ4n) is 4.47. The van der Waals surface area contributed by atoms with Crippen molar-refractivity contribution in [2.24, 2.45) is 5.92 Å². The number of hydrogen-bond acceptors (Lipinski definition) is 4. The van der Waals surface area contributed by atoms with Crippen molar-refractivity contribution >= 4 is 28.7 Å². The Morgan fingerprint density at radius 3 is 2.78 bits per heavy atom. The molecule has 8 nitrogen and oxygen atoms in total. The zero-order valence-electron chi connectivity index (χ0n) is 17.9. The molecule has 3 heterocycles. The maximum atomic E-state index is 13.2. The molecule has 2 atom stereocenters. The fraction of sp³-hybridized carbons (Fsp3) is 0.375. The topological polar surface area (TPSA) is 98.7 Å². The molecule has 0 radical (unpaired) electrons. The standard InChI is InChI=1S/C24H26N4O4/c1-15(16-8-9-16)27(13-18-5-4-10-32-18)22(29)14-28-23(30)21(26-24(28)31)11-17-12-25-20-7-3-2-6-19(17)20/h2-7,10,12,15-16,21,25H,8-9,11,13-14H2,1H3,(H,26,31). The maximum absolute atomic E-state index is 13.2. The second-order valence-corrected chi connectivity index (χ2v) is 8.67. The number of carbonyl (C=O) groups excluding carboxylic acids is 3. The summed E-state index contributed by atoms with van der Waals surface area (Å²) in [5.74, 6) is 0.509. The number of H-pyrrole nitrogens is 1. The van der Waals surface area contributed by atoms with Crippen LogP contribution in [0.5, 0.6) is 0 Å². The summed E-state index contributed by atoms with van der Waals surface area (Å²) < 4.78 is 5.43. The van der Waals surface area contributed by atoms with Crippen LogP contribution in [0.15, 0.2) is 53.3 Å². The van der Waals surface area contributed by atoms with Crippen LogP contribution >= 0.6 is 0 Å². The monoisotopic (exact) mass is 434 g/mol. The summed E-state index contributed by atoms with van der Waals surface area (Å²) in [5.41, 5.74) is 1.93. The van der Waals surface area contributed by atoms with Crippen LogP contribution in [0.3, 0.4) is 0 Å². The van der Waals surface area contributed by atoms with Crippen LogP contribution in [0.25, 0.3) is 10.9 Å². The number of nitrogens with zero attached hydrogens (tertiary/aromatic N) is 2. The van der Waals surface area contributed by atoms with Crippen LogP contribution in [0.4, 0.5) is 4.79 Å². The van der Waals surface area contributed by atoms with Gasteiger partial charge in [-0.1, -0.05) is 18.2 Å². The number of urea groups is 1. The van der Waals surface area contributed by atoms with E-state index in [1.807, 2.05) is 43.5 Å². The third-order valence-corrected chi connectivity index (χ3v) is 6.52. The first kappa shape index (κ1) is 20.4. The van der Waals surface area contributed by atoms with Crippen molar-refractivity contribution in [3.05, 3.63) is 60.2 Å². The lowest BCUT2D eigenvalue weighted by atomic mass is 10.1. The van der Waals surface area contributed by atoms with Crippen LogP contribution in [0.1, 0.15) is 31.1 Å². The van der Waals surface area contributed by atoms with E-state index in [2.05, 4.69) is 10.3 Å². The molecule has 2 aromatic heterocycles. The average molecular weight is 434 g/mol. The number of amides is 4. The van der Waals surface area contributed by atoms with Gasteiger partial charge in [-0.25, -0.2) is 4.79 Å². The molecule has 0 bridgehead atoms. The zero-order valence-corrected chi connectivity index (χ0v) is 17.9. The van der Waals surface area contributed by atoms with E-state index in [1.54, 1.807) is 17.2 Å². The Labute approximate surface area is 185 Å². The van der Waals surface area contributed by atoms with Gasteiger partial charge < -0.3 is 19.6 Å². The number of aromatic nitrogens is 1. The lowest BCUT2D eigenvalue weighted by molar-refractivity contribution is -0.139. The predicted molar refractivity (Wildman–Crippen MR) is 117 cm³/mol. The van der Waals surface area contributed by atoms with Crippen LogP contribution in [0, 0.1) is 5.92 Å². The number of imide groups is 1. The summed E-state index contributed by atoms with van der Waals surface area (Å²) in [6.07, 6.45) is 5.97. The summed E-state index contributed by atoms with van der Waals surface area (Å²) in [6, 6.07) is 10.2. The lowest BCUT2D eigenvalue weighted by Gasteiger charge is -2.30. The molecule has 32 heavy (non-hydrogen) atoms. The maximum Gasteiger partial charge on any atom is 0.325 e. The molecule has 4 amide bonds. The molecule has 1 aliphatic carbocycles. The molecule has 1 saturated carbocycles. The second-order valence-electron chi connectivity index (χ2n) is 8.67. The molecule has 1 saturated heterocycles. The van der Waals surface area contributed by atoms with Gasteiger partial charge >= 0.3 is 6.03 Å². The average Bonchev–Trinajstić information content (AvgIpc) is 3.27. The highest BCUT2D eigenvalue weighted by atomic mass is 16.3. The number of aromatic amines is 1. The predicted octanol–water partition coefficient (Wildman–Crippen LogP) is 3.05. The number of para-hydroxylation sites is 1. The molecule has 1 aromatic carbocycles. The molecule has 3 aromatic rings. The second kappa shape index (κ2) is 8.18. The van der Waals surface area contributed by atoms with Gasteiger partial charge in [0.15, 0.2) is 0 Å². The van der Waals surface area contributed by atoms with Gasteiger partial charge in [0.05, 0.1) is 12.8 Å². The number of nitrogens with one attached hydrogen (secondary N) is 2. The van der Waals surface area contributed by atoms with Crippen molar-refractivity contribution in [2.75, 3.05) is 6.54 Å². The molecule has 2 aliphatic rings. The molecule has 2 unspecified atom stereocenters. The smallest absolute Gasteiger partial charge is 0.325 e. The molecule has 1 aliphatic heterocycles. The molecule has 166 valence electrons. The number of fused-ring (bicyclic) bond motifs is 1. The molecular formula is C24H26N4O4. The highest BCUT2D eigenvalue weighted by Gasteiger charge is 2.41. The van der Waals surface area contributed by atoms with Gasteiger partial charge in [0, 0.05) is 29.6 Å². The normalized spacial score (nSPS) is 19.4. The third-order valence-electron chi connectivity index (χ3n) is 6.52. The number of rotatable bonds is 8. The first-order chi connectivity index (χ1) is 15.5. The van der Waals surface area contributed by atoms with Gasteiger partial charge in [-0.2, -0.15) is 0 Å². The van der Waals surface area contributed by atoms with Crippen molar-refractivity contribution in [2.45, 2.75) is 44.8 Å². The molecule has 2 N–H and O–H groups in total. The Bertz CT molecular complexity index is 1150. The van der Waals surface area contributed by atoms with Gasteiger partial charge in [0.2, 0.25) is 5.91 Å². The third kappa shape index (κ3) is 3.88. The first-order valence-corrected chi connectivity index (χ1v) is 11.0. The van der Waals surface area contributed by atoms with Crippen LogP contribution in [-0.2, 0) is 22.6 Å². The summed E-state index contributed by atoms with van der Waals surface area (Å²) >= 11 is 0. The minimum absolute atomic E-state index is 0.0235. The molecule has 2 fully saturated rings. The zero-order chi connectivity index (χ0) is 22.2. The fourth-order valence-corrected chi connectivity index (χ4v) is 4.47. The Morgan fingerprint density at radius 2 is 2.03 bits per heavy atom. The molecule has 8 heteroatoms. The van der Waals surface area contributed by atoms with Crippen molar-refractivity contribution in [3.63, 3.8) is 0 Å².